The standard InChI is InChI=1S/C51H31N3S2/c1-3-11-32(12-4-1)33-21-23-34(24-22-33)35-25-27-37(28-26-35)49-52-50(54-51(53-49)44-19-10-18-42-40-15-7-8-20-45(40)55-48(42)44)38-29-30-41-43-17-9-16-39(36-13-5-2-6-14-36)47(43)56-46(41)31-38/h1-31H. The fraction of sp³-hybridized carbons (Fsp3) is 0. The summed E-state index contributed by atoms with van der Waals surface area (Å²) in [4.78, 5) is 15.6. The van der Waals surface area contributed by atoms with E-state index >= 15 is 0 Å². The van der Waals surface area contributed by atoms with E-state index in [9.17, 15) is 0 Å². The Labute approximate surface area is 331 Å². The topological polar surface area (TPSA) is 38.7 Å². The van der Waals surface area contributed by atoms with Gasteiger partial charge in [0.15, 0.2) is 17.5 Å². The second-order valence-electron chi connectivity index (χ2n) is 14.0. The predicted octanol–water partition coefficient (Wildman–Crippen LogP) is 14.6. The smallest absolute Gasteiger partial charge is 0.165 e. The van der Waals surface area contributed by atoms with E-state index in [-0.39, 0.29) is 0 Å². The van der Waals surface area contributed by atoms with Crippen molar-refractivity contribution >= 4 is 63.0 Å². The molecule has 0 N–H and O–H groups in total. The van der Waals surface area contributed by atoms with Crippen LogP contribution in [0.3, 0.4) is 0 Å². The van der Waals surface area contributed by atoms with Crippen molar-refractivity contribution in [3.8, 4) is 67.5 Å². The lowest BCUT2D eigenvalue weighted by molar-refractivity contribution is 1.08. The average molecular weight is 750 g/mol. The monoisotopic (exact) mass is 749 g/mol. The summed E-state index contributed by atoms with van der Waals surface area (Å²) in [5, 5.41) is 4.97. The summed E-state index contributed by atoms with van der Waals surface area (Å²) < 4.78 is 4.93. The maximum absolute atomic E-state index is 5.23. The number of hydrogen-bond donors (Lipinski definition) is 0. The highest BCUT2D eigenvalue weighted by molar-refractivity contribution is 7.26. The molecule has 0 atom stereocenters. The second kappa shape index (κ2) is 13.5. The van der Waals surface area contributed by atoms with Crippen LogP contribution in [0.25, 0.3) is 108 Å². The summed E-state index contributed by atoms with van der Waals surface area (Å²) in [7, 11) is 0. The van der Waals surface area contributed by atoms with E-state index in [1.807, 2.05) is 17.4 Å². The molecule has 0 aliphatic heterocycles. The van der Waals surface area contributed by atoms with Gasteiger partial charge in [0, 0.05) is 57.0 Å². The van der Waals surface area contributed by atoms with Crippen molar-refractivity contribution in [2.45, 2.75) is 0 Å². The van der Waals surface area contributed by atoms with E-state index in [0.29, 0.717) is 17.5 Å². The zero-order valence-corrected chi connectivity index (χ0v) is 31.7. The number of thiophene rings is 2. The maximum Gasteiger partial charge on any atom is 0.165 e. The Morgan fingerprint density at radius 1 is 0.268 bits per heavy atom. The first-order valence-corrected chi connectivity index (χ1v) is 20.3. The molecule has 0 aliphatic rings. The highest BCUT2D eigenvalue weighted by Crippen LogP contribution is 2.42. The summed E-state index contributed by atoms with van der Waals surface area (Å²) in [6, 6.07) is 66.8. The van der Waals surface area contributed by atoms with Crippen molar-refractivity contribution in [1.29, 1.82) is 0 Å². The molecule has 0 amide bonds. The van der Waals surface area contributed by atoms with Gasteiger partial charge >= 0.3 is 0 Å². The van der Waals surface area contributed by atoms with E-state index in [1.54, 1.807) is 11.3 Å². The number of rotatable bonds is 6. The van der Waals surface area contributed by atoms with Crippen LogP contribution in [0.5, 0.6) is 0 Å². The van der Waals surface area contributed by atoms with Gasteiger partial charge in [0.05, 0.1) is 0 Å². The Morgan fingerprint density at radius 2 is 0.714 bits per heavy atom. The van der Waals surface area contributed by atoms with Gasteiger partial charge in [-0.3, -0.25) is 0 Å². The number of benzene rings is 8. The van der Waals surface area contributed by atoms with Gasteiger partial charge in [0.25, 0.3) is 0 Å². The molecule has 11 aromatic rings. The number of aromatic nitrogens is 3. The van der Waals surface area contributed by atoms with Crippen LogP contribution in [0.15, 0.2) is 188 Å². The number of hydrogen-bond acceptors (Lipinski definition) is 5. The van der Waals surface area contributed by atoms with E-state index in [4.69, 9.17) is 15.0 Å². The zero-order chi connectivity index (χ0) is 37.0. The van der Waals surface area contributed by atoms with Crippen molar-refractivity contribution in [2.24, 2.45) is 0 Å². The first kappa shape index (κ1) is 32.6. The lowest BCUT2D eigenvalue weighted by Crippen LogP contribution is -2.00. The summed E-state index contributed by atoms with van der Waals surface area (Å²) in [5.41, 5.74) is 10.1. The van der Waals surface area contributed by atoms with Crippen molar-refractivity contribution in [3.05, 3.63) is 188 Å². The molecular weight excluding hydrogens is 719 g/mol. The molecule has 0 spiro atoms. The SMILES string of the molecule is c1ccc(-c2ccc(-c3ccc(-c4nc(-c5ccc6c(c5)sc5c(-c7ccccc7)cccc56)nc(-c5cccc6c5sc5ccccc56)n4)cc3)cc2)cc1. The summed E-state index contributed by atoms with van der Waals surface area (Å²) in [6.07, 6.45) is 0. The van der Waals surface area contributed by atoms with Crippen molar-refractivity contribution in [1.82, 2.24) is 15.0 Å². The average Bonchev–Trinajstić information content (AvgIpc) is 3.85. The van der Waals surface area contributed by atoms with E-state index in [1.165, 1.54) is 62.6 Å². The van der Waals surface area contributed by atoms with E-state index in [2.05, 4.69) is 182 Å². The van der Waals surface area contributed by atoms with Crippen LogP contribution in [-0.2, 0) is 0 Å². The van der Waals surface area contributed by atoms with Gasteiger partial charge in [-0.2, -0.15) is 0 Å². The minimum atomic E-state index is 0.650. The van der Waals surface area contributed by atoms with Gasteiger partial charge < -0.3 is 0 Å². The van der Waals surface area contributed by atoms with Crippen LogP contribution in [0.1, 0.15) is 0 Å². The Hall–Kier alpha value is -6.79. The fourth-order valence-electron chi connectivity index (χ4n) is 7.76. The predicted molar refractivity (Wildman–Crippen MR) is 238 cm³/mol. The molecule has 0 bridgehead atoms. The Balaban J connectivity index is 1.04. The fourth-order valence-corrected chi connectivity index (χ4v) is 10.2. The van der Waals surface area contributed by atoms with Gasteiger partial charge in [-0.1, -0.05) is 170 Å². The second-order valence-corrected chi connectivity index (χ2v) is 16.1. The minimum Gasteiger partial charge on any atom is -0.208 e. The quantitative estimate of drug-likeness (QED) is 0.170. The lowest BCUT2D eigenvalue weighted by Gasteiger charge is -2.10. The number of fused-ring (bicyclic) bond motifs is 6. The van der Waals surface area contributed by atoms with E-state index in [0.717, 1.165) is 27.8 Å². The Kier molecular flexibility index (Phi) is 7.87. The van der Waals surface area contributed by atoms with Crippen molar-refractivity contribution in [2.75, 3.05) is 0 Å². The van der Waals surface area contributed by atoms with Crippen LogP contribution >= 0.6 is 22.7 Å². The summed E-state index contributed by atoms with van der Waals surface area (Å²) >= 11 is 3.62. The first-order chi connectivity index (χ1) is 27.7. The molecule has 0 saturated carbocycles. The molecule has 0 unspecified atom stereocenters. The molecule has 3 heterocycles. The normalized spacial score (nSPS) is 11.6. The molecule has 11 rings (SSSR count). The van der Waals surface area contributed by atoms with Gasteiger partial charge in [-0.25, -0.2) is 15.0 Å². The highest BCUT2D eigenvalue weighted by Gasteiger charge is 2.18. The number of nitrogens with zero attached hydrogens (tertiary/aromatic N) is 3. The third kappa shape index (κ3) is 5.68. The van der Waals surface area contributed by atoms with Crippen molar-refractivity contribution in [3.63, 3.8) is 0 Å². The van der Waals surface area contributed by atoms with Crippen molar-refractivity contribution < 1.29 is 0 Å². The molecule has 3 nitrogen and oxygen atoms in total. The van der Waals surface area contributed by atoms with Gasteiger partial charge in [-0.05, 0) is 51.6 Å². The Bertz CT molecular complexity index is 3220. The van der Waals surface area contributed by atoms with Crippen LogP contribution < -0.4 is 0 Å². The van der Waals surface area contributed by atoms with Gasteiger partial charge in [0.2, 0.25) is 0 Å². The van der Waals surface area contributed by atoms with Gasteiger partial charge in [-0.15, -0.1) is 22.7 Å². The first-order valence-electron chi connectivity index (χ1n) is 18.7. The molecule has 56 heavy (non-hydrogen) atoms. The molecule has 0 radical (unpaired) electrons. The van der Waals surface area contributed by atoms with Crippen LogP contribution in [0.4, 0.5) is 0 Å². The molecule has 0 saturated heterocycles. The molecule has 8 aromatic carbocycles. The van der Waals surface area contributed by atoms with Crippen LogP contribution in [0.2, 0.25) is 0 Å². The molecular formula is C51H31N3S2. The zero-order valence-electron chi connectivity index (χ0n) is 30.1. The molecule has 5 heteroatoms. The lowest BCUT2D eigenvalue weighted by atomic mass is 9.99. The van der Waals surface area contributed by atoms with E-state index < -0.39 is 0 Å². The molecule has 0 aliphatic carbocycles. The Morgan fingerprint density at radius 3 is 1.39 bits per heavy atom. The van der Waals surface area contributed by atoms with Gasteiger partial charge in [0.1, 0.15) is 0 Å². The largest absolute Gasteiger partial charge is 0.208 e. The molecule has 3 aromatic heterocycles. The minimum absolute atomic E-state index is 0.650. The molecule has 0 fully saturated rings. The highest BCUT2D eigenvalue weighted by atomic mass is 32.1. The maximum atomic E-state index is 5.23. The third-order valence-electron chi connectivity index (χ3n) is 10.6. The molecule has 262 valence electrons. The summed E-state index contributed by atoms with van der Waals surface area (Å²) in [5.74, 6) is 1.98. The summed E-state index contributed by atoms with van der Waals surface area (Å²) in [6.45, 7) is 0. The van der Waals surface area contributed by atoms with Crippen LogP contribution in [0, 0.1) is 0 Å². The third-order valence-corrected chi connectivity index (χ3v) is 13.0. The van der Waals surface area contributed by atoms with Crippen LogP contribution in [-0.4, -0.2) is 15.0 Å².